The van der Waals surface area contributed by atoms with E-state index in [1.54, 1.807) is 0 Å². The minimum atomic E-state index is 0.786. The van der Waals surface area contributed by atoms with Gasteiger partial charge in [0.1, 0.15) is 0 Å². The van der Waals surface area contributed by atoms with Crippen molar-refractivity contribution >= 4 is 5.69 Å². The molecule has 1 aromatic carbocycles. The number of nitrogens with zero attached hydrogens (tertiary/aromatic N) is 1. The number of benzene rings is 1. The first-order valence-corrected chi connectivity index (χ1v) is 5.07. The van der Waals surface area contributed by atoms with Gasteiger partial charge in [-0.3, -0.25) is 15.6 Å². The normalized spacial score (nSPS) is 16.4. The van der Waals surface area contributed by atoms with E-state index in [-0.39, 0.29) is 0 Å². The molecule has 2 N–H and O–H groups in total. The Kier molecular flexibility index (Phi) is 2.70. The summed E-state index contributed by atoms with van der Waals surface area (Å²) >= 11 is 0. The molecule has 0 bridgehead atoms. The van der Waals surface area contributed by atoms with Gasteiger partial charge in [-0.15, -0.1) is 0 Å². The predicted octanol–water partition coefficient (Wildman–Crippen LogP) is 1.87. The monoisotopic (exact) mass is 192 g/mol. The Morgan fingerprint density at radius 2 is 2.29 bits per heavy atom. The summed E-state index contributed by atoms with van der Waals surface area (Å²) in [6.45, 7) is 5.46. The molecule has 1 aliphatic heterocycles. The van der Waals surface area contributed by atoms with Crippen LogP contribution < -0.4 is 5.48 Å². The molecule has 0 unspecified atom stereocenters. The molecule has 14 heavy (non-hydrogen) atoms. The van der Waals surface area contributed by atoms with E-state index >= 15 is 0 Å². The number of nitrogens with one attached hydrogen (secondary N) is 1. The number of hydrogen-bond donors (Lipinski definition) is 2. The van der Waals surface area contributed by atoms with Crippen LogP contribution in [0.25, 0.3) is 0 Å². The summed E-state index contributed by atoms with van der Waals surface area (Å²) in [5.41, 5.74) is 5.72. The van der Waals surface area contributed by atoms with Crippen molar-refractivity contribution in [1.82, 2.24) is 4.90 Å². The predicted molar refractivity (Wildman–Crippen MR) is 56.5 cm³/mol. The summed E-state index contributed by atoms with van der Waals surface area (Å²) in [5.74, 6) is 0. The first-order chi connectivity index (χ1) is 6.83. The summed E-state index contributed by atoms with van der Waals surface area (Å²) in [5, 5.41) is 8.78. The Labute approximate surface area is 84.3 Å². The van der Waals surface area contributed by atoms with Crippen LogP contribution in [0.1, 0.15) is 18.1 Å². The van der Waals surface area contributed by atoms with E-state index in [9.17, 15) is 0 Å². The van der Waals surface area contributed by atoms with E-state index in [0.29, 0.717) is 0 Å². The fourth-order valence-electron chi connectivity index (χ4n) is 1.95. The lowest BCUT2D eigenvalue weighted by atomic mass is 9.99. The SMILES string of the molecule is CCN1CCc2cc(NO)ccc2C1. The van der Waals surface area contributed by atoms with Crippen molar-refractivity contribution in [3.8, 4) is 0 Å². The summed E-state index contributed by atoms with van der Waals surface area (Å²) < 4.78 is 0. The highest BCUT2D eigenvalue weighted by Crippen LogP contribution is 2.21. The van der Waals surface area contributed by atoms with Gasteiger partial charge in [0, 0.05) is 13.1 Å². The topological polar surface area (TPSA) is 35.5 Å². The van der Waals surface area contributed by atoms with Gasteiger partial charge in [-0.2, -0.15) is 0 Å². The van der Waals surface area contributed by atoms with Crippen LogP contribution in [0.3, 0.4) is 0 Å². The first-order valence-electron chi connectivity index (χ1n) is 5.07. The van der Waals surface area contributed by atoms with E-state index in [4.69, 9.17) is 5.21 Å². The molecule has 0 saturated carbocycles. The average molecular weight is 192 g/mol. The maximum absolute atomic E-state index is 8.78. The smallest absolute Gasteiger partial charge is 0.0605 e. The Balaban J connectivity index is 2.23. The second kappa shape index (κ2) is 3.98. The second-order valence-electron chi connectivity index (χ2n) is 3.71. The molecule has 0 atom stereocenters. The zero-order valence-electron chi connectivity index (χ0n) is 8.45. The van der Waals surface area contributed by atoms with Crippen molar-refractivity contribution in [3.63, 3.8) is 0 Å². The van der Waals surface area contributed by atoms with Gasteiger partial charge in [-0.05, 0) is 36.2 Å². The second-order valence-corrected chi connectivity index (χ2v) is 3.71. The van der Waals surface area contributed by atoms with Crippen LogP contribution >= 0.6 is 0 Å². The Bertz CT molecular complexity index is 325. The number of rotatable bonds is 2. The third-order valence-electron chi connectivity index (χ3n) is 2.87. The zero-order chi connectivity index (χ0) is 9.97. The van der Waals surface area contributed by atoms with Gasteiger partial charge in [0.15, 0.2) is 0 Å². The van der Waals surface area contributed by atoms with E-state index < -0.39 is 0 Å². The Morgan fingerprint density at radius 3 is 3.00 bits per heavy atom. The molecule has 3 nitrogen and oxygen atoms in total. The van der Waals surface area contributed by atoms with Crippen molar-refractivity contribution < 1.29 is 5.21 Å². The maximum atomic E-state index is 8.78. The minimum Gasteiger partial charge on any atom is -0.299 e. The quantitative estimate of drug-likeness (QED) is 0.702. The molecule has 2 rings (SSSR count). The summed E-state index contributed by atoms with van der Waals surface area (Å²) in [4.78, 5) is 2.42. The molecule has 0 aromatic heterocycles. The zero-order valence-corrected chi connectivity index (χ0v) is 8.45. The highest BCUT2D eigenvalue weighted by atomic mass is 16.5. The van der Waals surface area contributed by atoms with E-state index in [1.165, 1.54) is 11.1 Å². The fourth-order valence-corrected chi connectivity index (χ4v) is 1.95. The third kappa shape index (κ3) is 1.74. The molecule has 0 aliphatic carbocycles. The van der Waals surface area contributed by atoms with Crippen LogP contribution in [0.4, 0.5) is 5.69 Å². The minimum absolute atomic E-state index is 0.786. The number of likely N-dealkylation sites (N-methyl/N-ethyl adjacent to an activating group) is 1. The lowest BCUT2D eigenvalue weighted by molar-refractivity contribution is 0.268. The third-order valence-corrected chi connectivity index (χ3v) is 2.87. The highest BCUT2D eigenvalue weighted by molar-refractivity contribution is 5.47. The van der Waals surface area contributed by atoms with Crippen LogP contribution in [0.5, 0.6) is 0 Å². The molecule has 0 radical (unpaired) electrons. The summed E-state index contributed by atoms with van der Waals surface area (Å²) in [6, 6.07) is 6.04. The fraction of sp³-hybridized carbons (Fsp3) is 0.455. The molecule has 1 aliphatic rings. The van der Waals surface area contributed by atoms with E-state index in [2.05, 4.69) is 23.4 Å². The maximum Gasteiger partial charge on any atom is 0.0605 e. The molecule has 0 spiro atoms. The van der Waals surface area contributed by atoms with Gasteiger partial charge in [0.05, 0.1) is 5.69 Å². The largest absolute Gasteiger partial charge is 0.299 e. The van der Waals surface area contributed by atoms with Crippen LogP contribution in [-0.2, 0) is 13.0 Å². The Morgan fingerprint density at radius 1 is 1.43 bits per heavy atom. The lowest BCUT2D eigenvalue weighted by Gasteiger charge is -2.27. The van der Waals surface area contributed by atoms with Crippen molar-refractivity contribution in [1.29, 1.82) is 0 Å². The highest BCUT2D eigenvalue weighted by Gasteiger charge is 2.14. The van der Waals surface area contributed by atoms with E-state index in [1.807, 2.05) is 12.1 Å². The van der Waals surface area contributed by atoms with Gasteiger partial charge in [0.2, 0.25) is 0 Å². The molecule has 0 fully saturated rings. The van der Waals surface area contributed by atoms with Gasteiger partial charge >= 0.3 is 0 Å². The van der Waals surface area contributed by atoms with Crippen LogP contribution in [0, 0.1) is 0 Å². The lowest BCUT2D eigenvalue weighted by Crippen LogP contribution is -2.30. The molecule has 0 saturated heterocycles. The van der Waals surface area contributed by atoms with Crippen molar-refractivity contribution in [3.05, 3.63) is 29.3 Å². The average Bonchev–Trinajstić information content (AvgIpc) is 2.27. The van der Waals surface area contributed by atoms with Crippen LogP contribution in [-0.4, -0.2) is 23.2 Å². The number of hydrogen-bond acceptors (Lipinski definition) is 3. The number of anilines is 1. The summed E-state index contributed by atoms with van der Waals surface area (Å²) in [7, 11) is 0. The molecule has 0 amide bonds. The van der Waals surface area contributed by atoms with Gasteiger partial charge in [-0.1, -0.05) is 13.0 Å². The molecule has 76 valence electrons. The molecular formula is C11H16N2O. The molecule has 3 heteroatoms. The van der Waals surface area contributed by atoms with Gasteiger partial charge < -0.3 is 0 Å². The summed E-state index contributed by atoms with van der Waals surface area (Å²) in [6.07, 6.45) is 1.08. The standard InChI is InChI=1S/C11H16N2O/c1-2-13-6-5-9-7-11(12-14)4-3-10(9)8-13/h3-4,7,12,14H,2,5-6,8H2,1H3. The molecule has 1 heterocycles. The first kappa shape index (κ1) is 9.49. The van der Waals surface area contributed by atoms with E-state index in [0.717, 1.165) is 31.7 Å². The van der Waals surface area contributed by atoms with Gasteiger partial charge in [-0.25, -0.2) is 0 Å². The molecule has 1 aromatic rings. The van der Waals surface area contributed by atoms with Gasteiger partial charge in [0.25, 0.3) is 0 Å². The molecular weight excluding hydrogens is 176 g/mol. The van der Waals surface area contributed by atoms with Crippen LogP contribution in [0.2, 0.25) is 0 Å². The number of fused-ring (bicyclic) bond motifs is 1. The Hall–Kier alpha value is -1.06. The van der Waals surface area contributed by atoms with Crippen molar-refractivity contribution in [2.24, 2.45) is 0 Å². The van der Waals surface area contributed by atoms with Crippen molar-refractivity contribution in [2.45, 2.75) is 19.9 Å². The van der Waals surface area contributed by atoms with Crippen LogP contribution in [0.15, 0.2) is 18.2 Å². The van der Waals surface area contributed by atoms with Crippen molar-refractivity contribution in [2.75, 3.05) is 18.6 Å².